The fourth-order valence-corrected chi connectivity index (χ4v) is 3.05. The molecule has 1 amide bonds. The Kier molecular flexibility index (Phi) is 2.97. The Bertz CT molecular complexity index is 574. The maximum Gasteiger partial charge on any atom is 0.254 e. The topological polar surface area (TPSA) is 32.7 Å². The maximum atomic E-state index is 12.5. The molecular weight excluding hydrogens is 236 g/mol. The van der Waals surface area contributed by atoms with Gasteiger partial charge in [-0.1, -0.05) is 18.2 Å². The van der Waals surface area contributed by atoms with Crippen LogP contribution in [0.2, 0.25) is 0 Å². The second kappa shape index (κ2) is 4.65. The molecule has 2 heterocycles. The standard InChI is InChI=1S/C16H18N2O/c1-11-5-3-7-13-14(11)9-15(18(2)16(13)19)12-6-4-8-17-10-12/h3-8,12,15H,9-10H2,1-2H3. The van der Waals surface area contributed by atoms with E-state index in [9.17, 15) is 4.79 Å². The van der Waals surface area contributed by atoms with E-state index in [0.29, 0.717) is 5.92 Å². The molecule has 3 rings (SSSR count). The van der Waals surface area contributed by atoms with Crippen LogP contribution >= 0.6 is 0 Å². The van der Waals surface area contributed by atoms with Crippen LogP contribution in [-0.4, -0.2) is 36.7 Å². The maximum absolute atomic E-state index is 12.5. The average molecular weight is 254 g/mol. The van der Waals surface area contributed by atoms with Crippen molar-refractivity contribution in [2.45, 2.75) is 19.4 Å². The zero-order valence-corrected chi connectivity index (χ0v) is 11.3. The minimum Gasteiger partial charge on any atom is -0.338 e. The molecule has 2 aliphatic heterocycles. The van der Waals surface area contributed by atoms with E-state index in [2.05, 4.69) is 24.1 Å². The van der Waals surface area contributed by atoms with Gasteiger partial charge in [-0.2, -0.15) is 0 Å². The first-order valence-corrected chi connectivity index (χ1v) is 6.70. The third-order valence-corrected chi connectivity index (χ3v) is 4.23. The predicted octanol–water partition coefficient (Wildman–Crippen LogP) is 2.25. The van der Waals surface area contributed by atoms with E-state index in [1.54, 1.807) is 0 Å². The number of likely N-dealkylation sites (N-methyl/N-ethyl adjacent to an activating group) is 1. The van der Waals surface area contributed by atoms with Crippen molar-refractivity contribution in [1.82, 2.24) is 4.90 Å². The van der Waals surface area contributed by atoms with Gasteiger partial charge in [-0.05, 0) is 36.6 Å². The summed E-state index contributed by atoms with van der Waals surface area (Å²) in [7, 11) is 1.91. The summed E-state index contributed by atoms with van der Waals surface area (Å²) in [6.45, 7) is 2.86. The van der Waals surface area contributed by atoms with E-state index in [4.69, 9.17) is 0 Å². The number of carbonyl (C=O) groups excluding carboxylic acids is 1. The number of rotatable bonds is 1. The van der Waals surface area contributed by atoms with Crippen molar-refractivity contribution in [2.75, 3.05) is 13.6 Å². The van der Waals surface area contributed by atoms with E-state index < -0.39 is 0 Å². The summed E-state index contributed by atoms with van der Waals surface area (Å²) in [6, 6.07) is 6.20. The molecular formula is C16H18N2O. The number of carbonyl (C=O) groups is 1. The third kappa shape index (κ3) is 1.99. The summed E-state index contributed by atoms with van der Waals surface area (Å²) >= 11 is 0. The summed E-state index contributed by atoms with van der Waals surface area (Å²) < 4.78 is 0. The van der Waals surface area contributed by atoms with Crippen molar-refractivity contribution in [1.29, 1.82) is 0 Å². The van der Waals surface area contributed by atoms with E-state index in [1.165, 1.54) is 11.1 Å². The molecule has 0 saturated heterocycles. The van der Waals surface area contributed by atoms with Crippen LogP contribution in [0, 0.1) is 12.8 Å². The number of aliphatic imine (C=N–C) groups is 1. The van der Waals surface area contributed by atoms with Gasteiger partial charge < -0.3 is 4.90 Å². The van der Waals surface area contributed by atoms with Crippen molar-refractivity contribution in [3.8, 4) is 0 Å². The van der Waals surface area contributed by atoms with Gasteiger partial charge >= 0.3 is 0 Å². The number of nitrogens with zero attached hydrogens (tertiary/aromatic N) is 2. The molecule has 0 saturated carbocycles. The van der Waals surface area contributed by atoms with Crippen LogP contribution in [0.3, 0.4) is 0 Å². The van der Waals surface area contributed by atoms with Crippen LogP contribution in [0.15, 0.2) is 35.3 Å². The van der Waals surface area contributed by atoms with Gasteiger partial charge in [-0.3, -0.25) is 9.79 Å². The number of dihydropyridines is 1. The summed E-state index contributed by atoms with van der Waals surface area (Å²) in [4.78, 5) is 18.7. The zero-order chi connectivity index (χ0) is 13.4. The fourth-order valence-electron chi connectivity index (χ4n) is 3.05. The van der Waals surface area contributed by atoms with Gasteiger partial charge in [0.2, 0.25) is 0 Å². The highest BCUT2D eigenvalue weighted by atomic mass is 16.2. The summed E-state index contributed by atoms with van der Waals surface area (Å²) in [5, 5.41) is 0. The Balaban J connectivity index is 1.98. The van der Waals surface area contributed by atoms with Gasteiger partial charge in [-0.15, -0.1) is 0 Å². The molecule has 0 N–H and O–H groups in total. The predicted molar refractivity (Wildman–Crippen MR) is 76.8 cm³/mol. The van der Waals surface area contributed by atoms with Crippen molar-refractivity contribution in [2.24, 2.45) is 10.9 Å². The molecule has 19 heavy (non-hydrogen) atoms. The Hall–Kier alpha value is -1.90. The van der Waals surface area contributed by atoms with E-state index in [1.807, 2.05) is 36.4 Å². The monoisotopic (exact) mass is 254 g/mol. The van der Waals surface area contributed by atoms with E-state index in [0.717, 1.165) is 18.5 Å². The molecule has 3 heteroatoms. The minimum atomic E-state index is 0.137. The lowest BCUT2D eigenvalue weighted by molar-refractivity contribution is 0.0668. The third-order valence-electron chi connectivity index (χ3n) is 4.23. The summed E-state index contributed by atoms with van der Waals surface area (Å²) in [6.07, 6.45) is 6.92. The van der Waals surface area contributed by atoms with Crippen LogP contribution in [-0.2, 0) is 6.42 Å². The molecule has 2 unspecified atom stereocenters. The van der Waals surface area contributed by atoms with Crippen molar-refractivity contribution in [3.63, 3.8) is 0 Å². The quantitative estimate of drug-likeness (QED) is 0.756. The van der Waals surface area contributed by atoms with Gasteiger partial charge in [0.25, 0.3) is 5.91 Å². The zero-order valence-electron chi connectivity index (χ0n) is 11.3. The number of allylic oxidation sites excluding steroid dienone is 1. The molecule has 2 atom stereocenters. The number of hydrogen-bond acceptors (Lipinski definition) is 2. The SMILES string of the molecule is Cc1cccc2c1CC(C1C=CC=NC1)N(C)C2=O. The Morgan fingerprint density at radius 2 is 2.21 bits per heavy atom. The fraction of sp³-hybridized carbons (Fsp3) is 0.375. The molecule has 0 bridgehead atoms. The Morgan fingerprint density at radius 1 is 1.37 bits per heavy atom. The molecule has 0 spiro atoms. The van der Waals surface area contributed by atoms with Crippen molar-refractivity contribution < 1.29 is 4.79 Å². The van der Waals surface area contributed by atoms with Gasteiger partial charge in [0.15, 0.2) is 0 Å². The molecule has 0 aromatic heterocycles. The van der Waals surface area contributed by atoms with Crippen LogP contribution in [0.25, 0.3) is 0 Å². The Labute approximate surface area is 113 Å². The second-order valence-electron chi connectivity index (χ2n) is 5.35. The van der Waals surface area contributed by atoms with Crippen molar-refractivity contribution >= 4 is 12.1 Å². The first-order chi connectivity index (χ1) is 9.18. The van der Waals surface area contributed by atoms with Crippen LogP contribution < -0.4 is 0 Å². The van der Waals surface area contributed by atoms with E-state index in [-0.39, 0.29) is 11.9 Å². The van der Waals surface area contributed by atoms with E-state index >= 15 is 0 Å². The lowest BCUT2D eigenvalue weighted by atomic mass is 9.84. The molecule has 0 radical (unpaired) electrons. The number of aryl methyl sites for hydroxylation is 1. The molecule has 98 valence electrons. The number of amides is 1. The summed E-state index contributed by atoms with van der Waals surface area (Å²) in [5.74, 6) is 0.463. The minimum absolute atomic E-state index is 0.137. The lowest BCUT2D eigenvalue weighted by Crippen LogP contribution is -2.48. The lowest BCUT2D eigenvalue weighted by Gasteiger charge is -2.38. The number of hydrogen-bond donors (Lipinski definition) is 0. The number of benzene rings is 1. The van der Waals surface area contributed by atoms with Crippen LogP contribution in [0.4, 0.5) is 0 Å². The highest BCUT2D eigenvalue weighted by molar-refractivity contribution is 5.97. The molecule has 1 aromatic carbocycles. The van der Waals surface area contributed by atoms with Crippen molar-refractivity contribution in [3.05, 3.63) is 47.0 Å². The average Bonchev–Trinajstić information content (AvgIpc) is 2.44. The highest BCUT2D eigenvalue weighted by Crippen LogP contribution is 2.29. The first-order valence-electron chi connectivity index (χ1n) is 6.70. The summed E-state index contributed by atoms with van der Waals surface area (Å²) in [5.41, 5.74) is 3.29. The van der Waals surface area contributed by atoms with Gasteiger partial charge in [0.1, 0.15) is 0 Å². The number of fused-ring (bicyclic) bond motifs is 1. The first kappa shape index (κ1) is 12.2. The van der Waals surface area contributed by atoms with Gasteiger partial charge in [0, 0.05) is 37.3 Å². The smallest absolute Gasteiger partial charge is 0.254 e. The molecule has 0 fully saturated rings. The largest absolute Gasteiger partial charge is 0.338 e. The Morgan fingerprint density at radius 3 is 2.95 bits per heavy atom. The van der Waals surface area contributed by atoms with Crippen LogP contribution in [0.5, 0.6) is 0 Å². The molecule has 2 aliphatic rings. The molecule has 1 aromatic rings. The van der Waals surface area contributed by atoms with Gasteiger partial charge in [0.05, 0.1) is 0 Å². The van der Waals surface area contributed by atoms with Gasteiger partial charge in [-0.25, -0.2) is 0 Å². The molecule has 0 aliphatic carbocycles. The van der Waals surface area contributed by atoms with Crippen LogP contribution in [0.1, 0.15) is 21.5 Å². The second-order valence-corrected chi connectivity index (χ2v) is 5.35. The molecule has 3 nitrogen and oxygen atoms in total. The normalized spacial score (nSPS) is 25.6. The highest BCUT2D eigenvalue weighted by Gasteiger charge is 2.34.